The highest BCUT2D eigenvalue weighted by atomic mass is 35.5. The van der Waals surface area contributed by atoms with Crippen molar-refractivity contribution in [1.29, 1.82) is 0 Å². The van der Waals surface area contributed by atoms with Crippen molar-refractivity contribution in [3.8, 4) is 0 Å². The fourth-order valence-electron chi connectivity index (χ4n) is 2.66. The van der Waals surface area contributed by atoms with E-state index in [9.17, 15) is 4.79 Å². The summed E-state index contributed by atoms with van der Waals surface area (Å²) in [7, 11) is 0. The van der Waals surface area contributed by atoms with E-state index in [0.717, 1.165) is 24.2 Å². The topological polar surface area (TPSA) is 32.3 Å². The molecule has 0 spiro atoms. The molecule has 2 aromatic carbocycles. The summed E-state index contributed by atoms with van der Waals surface area (Å²) < 4.78 is 0. The number of para-hydroxylation sites is 1. The normalized spacial score (nSPS) is 13.1. The first-order valence-corrected chi connectivity index (χ1v) is 7.40. The van der Waals surface area contributed by atoms with Gasteiger partial charge in [0.2, 0.25) is 5.91 Å². The summed E-state index contributed by atoms with van der Waals surface area (Å²) >= 11 is 6.14. The van der Waals surface area contributed by atoms with Gasteiger partial charge >= 0.3 is 0 Å². The molecule has 1 aliphatic heterocycles. The Labute approximate surface area is 129 Å². The number of nitrogens with one attached hydrogen (secondary N) is 1. The molecule has 1 aliphatic rings. The predicted molar refractivity (Wildman–Crippen MR) is 87.2 cm³/mol. The minimum absolute atomic E-state index is 0.0440. The standard InChI is InChI=1S/C17H17ClN2O/c1-12-6-7-15(14(18)10-12)19-17(21)11-20-9-8-13-4-2-3-5-16(13)20/h2-7,10H,8-9,11H2,1H3,(H,19,21). The molecule has 4 heteroatoms. The number of carbonyl (C=O) groups is 1. The van der Waals surface area contributed by atoms with Crippen LogP contribution in [0.1, 0.15) is 11.1 Å². The minimum Gasteiger partial charge on any atom is -0.362 e. The third kappa shape index (κ3) is 3.03. The number of hydrogen-bond acceptors (Lipinski definition) is 2. The molecule has 0 bridgehead atoms. The third-order valence-electron chi connectivity index (χ3n) is 3.72. The van der Waals surface area contributed by atoms with Gasteiger partial charge in [0.1, 0.15) is 0 Å². The third-order valence-corrected chi connectivity index (χ3v) is 4.03. The van der Waals surface area contributed by atoms with Crippen LogP contribution in [0.3, 0.4) is 0 Å². The van der Waals surface area contributed by atoms with Gasteiger partial charge in [-0.15, -0.1) is 0 Å². The van der Waals surface area contributed by atoms with E-state index in [-0.39, 0.29) is 5.91 Å². The Morgan fingerprint density at radius 2 is 2.10 bits per heavy atom. The molecular weight excluding hydrogens is 284 g/mol. The van der Waals surface area contributed by atoms with Crippen molar-refractivity contribution < 1.29 is 4.79 Å². The highest BCUT2D eigenvalue weighted by Gasteiger charge is 2.20. The average molecular weight is 301 g/mol. The van der Waals surface area contributed by atoms with Gasteiger partial charge in [-0.2, -0.15) is 0 Å². The molecule has 3 nitrogen and oxygen atoms in total. The molecule has 0 aliphatic carbocycles. The summed E-state index contributed by atoms with van der Waals surface area (Å²) in [5.74, 6) is -0.0440. The van der Waals surface area contributed by atoms with Gasteiger partial charge in [-0.1, -0.05) is 35.9 Å². The molecule has 0 radical (unpaired) electrons. The second kappa shape index (κ2) is 5.78. The van der Waals surface area contributed by atoms with Gasteiger partial charge in [0.15, 0.2) is 0 Å². The fourth-order valence-corrected chi connectivity index (χ4v) is 2.94. The van der Waals surface area contributed by atoms with Crippen molar-refractivity contribution in [2.24, 2.45) is 0 Å². The molecule has 3 rings (SSSR count). The number of benzene rings is 2. The van der Waals surface area contributed by atoms with Crippen LogP contribution < -0.4 is 10.2 Å². The number of rotatable bonds is 3. The van der Waals surface area contributed by atoms with E-state index in [1.807, 2.05) is 37.3 Å². The molecule has 0 saturated carbocycles. The number of amides is 1. The lowest BCUT2D eigenvalue weighted by Crippen LogP contribution is -2.31. The van der Waals surface area contributed by atoms with E-state index in [1.54, 1.807) is 0 Å². The summed E-state index contributed by atoms with van der Waals surface area (Å²) in [6.45, 7) is 3.20. The Hall–Kier alpha value is -2.00. The summed E-state index contributed by atoms with van der Waals surface area (Å²) in [5, 5.41) is 3.46. The van der Waals surface area contributed by atoms with Crippen LogP contribution >= 0.6 is 11.6 Å². The van der Waals surface area contributed by atoms with Crippen LogP contribution in [0.5, 0.6) is 0 Å². The van der Waals surface area contributed by atoms with E-state index in [4.69, 9.17) is 11.6 Å². The van der Waals surface area contributed by atoms with Crippen molar-refractivity contribution in [1.82, 2.24) is 0 Å². The lowest BCUT2D eigenvalue weighted by molar-refractivity contribution is -0.115. The number of aryl methyl sites for hydroxylation is 1. The molecule has 1 heterocycles. The summed E-state index contributed by atoms with van der Waals surface area (Å²) in [6, 6.07) is 13.8. The molecule has 0 saturated heterocycles. The largest absolute Gasteiger partial charge is 0.362 e. The van der Waals surface area contributed by atoms with Gasteiger partial charge < -0.3 is 10.2 Å². The number of nitrogens with zero attached hydrogens (tertiary/aromatic N) is 1. The lowest BCUT2D eigenvalue weighted by atomic mass is 10.2. The molecule has 2 aromatic rings. The zero-order valence-corrected chi connectivity index (χ0v) is 12.7. The number of hydrogen-bond donors (Lipinski definition) is 1. The van der Waals surface area contributed by atoms with Crippen LogP contribution in [0.2, 0.25) is 5.02 Å². The van der Waals surface area contributed by atoms with Crippen molar-refractivity contribution >= 4 is 28.9 Å². The maximum Gasteiger partial charge on any atom is 0.243 e. The van der Waals surface area contributed by atoms with Gasteiger partial charge in [0.05, 0.1) is 17.3 Å². The predicted octanol–water partition coefficient (Wildman–Crippen LogP) is 3.65. The first kappa shape index (κ1) is 14.0. The quantitative estimate of drug-likeness (QED) is 0.938. The Kier molecular flexibility index (Phi) is 3.84. The second-order valence-corrected chi connectivity index (χ2v) is 5.74. The summed E-state index contributed by atoms with van der Waals surface area (Å²) in [5.41, 5.74) is 4.20. The van der Waals surface area contributed by atoms with Crippen LogP contribution in [0, 0.1) is 6.92 Å². The van der Waals surface area contributed by atoms with Crippen LogP contribution in [0.4, 0.5) is 11.4 Å². The number of carbonyl (C=O) groups excluding carboxylic acids is 1. The van der Waals surface area contributed by atoms with Gasteiger partial charge in [-0.25, -0.2) is 0 Å². The number of fused-ring (bicyclic) bond motifs is 1. The Balaban J connectivity index is 1.68. The van der Waals surface area contributed by atoms with Crippen molar-refractivity contribution in [3.63, 3.8) is 0 Å². The van der Waals surface area contributed by atoms with Gasteiger partial charge in [-0.3, -0.25) is 4.79 Å². The maximum atomic E-state index is 12.2. The number of halogens is 1. The van der Waals surface area contributed by atoms with E-state index in [0.29, 0.717) is 17.3 Å². The van der Waals surface area contributed by atoms with E-state index in [2.05, 4.69) is 22.3 Å². The van der Waals surface area contributed by atoms with Gasteiger partial charge in [0, 0.05) is 12.2 Å². The van der Waals surface area contributed by atoms with Crippen molar-refractivity contribution in [3.05, 3.63) is 58.6 Å². The SMILES string of the molecule is Cc1ccc(NC(=O)CN2CCc3ccccc32)c(Cl)c1. The molecule has 0 atom stereocenters. The van der Waals surface area contributed by atoms with E-state index < -0.39 is 0 Å². The summed E-state index contributed by atoms with van der Waals surface area (Å²) in [4.78, 5) is 14.3. The lowest BCUT2D eigenvalue weighted by Gasteiger charge is -2.19. The molecule has 0 aromatic heterocycles. The number of anilines is 2. The first-order valence-electron chi connectivity index (χ1n) is 7.02. The molecule has 0 unspecified atom stereocenters. The first-order chi connectivity index (χ1) is 10.1. The van der Waals surface area contributed by atoms with E-state index >= 15 is 0 Å². The van der Waals surface area contributed by atoms with Gasteiger partial charge in [0.25, 0.3) is 0 Å². The average Bonchev–Trinajstić information content (AvgIpc) is 2.85. The van der Waals surface area contributed by atoms with Crippen LogP contribution in [-0.4, -0.2) is 19.0 Å². The molecule has 21 heavy (non-hydrogen) atoms. The van der Waals surface area contributed by atoms with Crippen LogP contribution in [-0.2, 0) is 11.2 Å². The fraction of sp³-hybridized carbons (Fsp3) is 0.235. The van der Waals surface area contributed by atoms with Crippen LogP contribution in [0.15, 0.2) is 42.5 Å². The molecule has 1 N–H and O–H groups in total. The van der Waals surface area contributed by atoms with Crippen molar-refractivity contribution in [2.45, 2.75) is 13.3 Å². The summed E-state index contributed by atoms with van der Waals surface area (Å²) in [6.07, 6.45) is 0.995. The zero-order chi connectivity index (χ0) is 14.8. The minimum atomic E-state index is -0.0440. The van der Waals surface area contributed by atoms with Crippen LogP contribution in [0.25, 0.3) is 0 Å². The molecule has 0 fully saturated rings. The highest BCUT2D eigenvalue weighted by Crippen LogP contribution is 2.27. The Bertz CT molecular complexity index is 684. The highest BCUT2D eigenvalue weighted by molar-refractivity contribution is 6.33. The molecule has 108 valence electrons. The van der Waals surface area contributed by atoms with Gasteiger partial charge in [-0.05, 0) is 42.7 Å². The Morgan fingerprint density at radius 1 is 1.29 bits per heavy atom. The zero-order valence-electron chi connectivity index (χ0n) is 11.9. The van der Waals surface area contributed by atoms with E-state index in [1.165, 1.54) is 5.56 Å². The van der Waals surface area contributed by atoms with Crippen molar-refractivity contribution in [2.75, 3.05) is 23.3 Å². The second-order valence-electron chi connectivity index (χ2n) is 5.33. The molecular formula is C17H17ClN2O. The maximum absolute atomic E-state index is 12.2. The smallest absolute Gasteiger partial charge is 0.243 e. The molecule has 1 amide bonds. The monoisotopic (exact) mass is 300 g/mol. The Morgan fingerprint density at radius 3 is 2.90 bits per heavy atom.